The molecule has 1 saturated carbocycles. The molecule has 0 aliphatic heterocycles. The van der Waals surface area contributed by atoms with E-state index in [0.29, 0.717) is 12.4 Å². The summed E-state index contributed by atoms with van der Waals surface area (Å²) in [7, 11) is 0. The molecule has 0 bridgehead atoms. The number of nitrogens with two attached hydrogens (primary N) is 1. The van der Waals surface area contributed by atoms with Gasteiger partial charge >= 0.3 is 0 Å². The van der Waals surface area contributed by atoms with Gasteiger partial charge in [-0.25, -0.2) is 4.98 Å². The van der Waals surface area contributed by atoms with Crippen LogP contribution < -0.4 is 5.73 Å². The molecule has 2 heterocycles. The summed E-state index contributed by atoms with van der Waals surface area (Å²) in [4.78, 5) is 8.77. The molecule has 1 aliphatic carbocycles. The first-order chi connectivity index (χ1) is 9.85. The highest BCUT2D eigenvalue weighted by molar-refractivity contribution is 7.99. The Bertz CT molecular complexity index is 548. The highest BCUT2D eigenvalue weighted by atomic mass is 32.2. The lowest BCUT2D eigenvalue weighted by atomic mass is 10.0. The molecule has 0 spiro atoms. The molecular formula is C13H18N4OS2. The van der Waals surface area contributed by atoms with Gasteiger partial charge in [-0.1, -0.05) is 24.4 Å². The normalized spacial score (nSPS) is 16.6. The average Bonchev–Trinajstić information content (AvgIpc) is 3.15. The largest absolute Gasteiger partial charge is 0.332 e. The molecule has 3 rings (SSSR count). The number of hydrogen-bond donors (Lipinski definition) is 1. The Morgan fingerprint density at radius 2 is 2.15 bits per heavy atom. The number of aromatic nitrogens is 3. The molecule has 0 saturated heterocycles. The van der Waals surface area contributed by atoms with Crippen molar-refractivity contribution in [3.8, 4) is 11.6 Å². The van der Waals surface area contributed by atoms with Crippen LogP contribution in [0.1, 0.15) is 42.9 Å². The van der Waals surface area contributed by atoms with Gasteiger partial charge in [0.2, 0.25) is 0 Å². The maximum Gasteiger partial charge on any atom is 0.277 e. The minimum atomic E-state index is 0.448. The van der Waals surface area contributed by atoms with E-state index in [1.807, 2.05) is 17.1 Å². The van der Waals surface area contributed by atoms with Crippen molar-refractivity contribution in [3.63, 3.8) is 0 Å². The molecule has 7 heteroatoms. The minimum Gasteiger partial charge on any atom is -0.332 e. The second kappa shape index (κ2) is 6.69. The van der Waals surface area contributed by atoms with Crippen LogP contribution in [0.5, 0.6) is 0 Å². The first-order valence-corrected chi connectivity index (χ1v) is 8.87. The zero-order valence-corrected chi connectivity index (χ0v) is 12.9. The summed E-state index contributed by atoms with van der Waals surface area (Å²) in [5.41, 5.74) is 6.29. The van der Waals surface area contributed by atoms with Crippen LogP contribution in [0.2, 0.25) is 0 Å². The van der Waals surface area contributed by atoms with E-state index >= 15 is 0 Å². The first kappa shape index (κ1) is 14.0. The molecule has 1 aliphatic rings. The summed E-state index contributed by atoms with van der Waals surface area (Å²) in [6.07, 6.45) is 6.74. The van der Waals surface area contributed by atoms with E-state index < -0.39 is 0 Å². The van der Waals surface area contributed by atoms with Crippen molar-refractivity contribution < 1.29 is 4.52 Å². The average molecular weight is 310 g/mol. The number of rotatable bonds is 5. The second-order valence-electron chi connectivity index (χ2n) is 4.92. The minimum absolute atomic E-state index is 0.448. The maximum absolute atomic E-state index is 5.55. The van der Waals surface area contributed by atoms with Gasteiger partial charge in [0.1, 0.15) is 10.7 Å². The van der Waals surface area contributed by atoms with Crippen molar-refractivity contribution >= 4 is 23.1 Å². The van der Waals surface area contributed by atoms with Gasteiger partial charge in [-0.05, 0) is 12.8 Å². The summed E-state index contributed by atoms with van der Waals surface area (Å²) >= 11 is 3.47. The Morgan fingerprint density at radius 3 is 2.90 bits per heavy atom. The lowest BCUT2D eigenvalue weighted by molar-refractivity contribution is 0.424. The number of nitrogens with zero attached hydrogens (tertiary/aromatic N) is 3. The molecule has 0 unspecified atom stereocenters. The smallest absolute Gasteiger partial charge is 0.277 e. The molecule has 2 N–H and O–H groups in total. The lowest BCUT2D eigenvalue weighted by Crippen LogP contribution is -2.08. The van der Waals surface area contributed by atoms with E-state index in [0.717, 1.165) is 27.5 Å². The van der Waals surface area contributed by atoms with Crippen molar-refractivity contribution in [2.24, 2.45) is 5.73 Å². The molecule has 1 fully saturated rings. The monoisotopic (exact) mass is 310 g/mol. The van der Waals surface area contributed by atoms with Gasteiger partial charge in [0.05, 0.1) is 5.75 Å². The zero-order valence-electron chi connectivity index (χ0n) is 11.2. The van der Waals surface area contributed by atoms with Gasteiger partial charge in [-0.3, -0.25) is 0 Å². The van der Waals surface area contributed by atoms with Crippen molar-refractivity contribution in [3.05, 3.63) is 16.2 Å². The Hall–Kier alpha value is -0.920. The highest BCUT2D eigenvalue weighted by Gasteiger charge is 2.16. The summed E-state index contributed by atoms with van der Waals surface area (Å²) < 4.78 is 5.28. The third kappa shape index (κ3) is 3.39. The second-order valence-corrected chi connectivity index (χ2v) is 7.15. The predicted molar refractivity (Wildman–Crippen MR) is 81.5 cm³/mol. The van der Waals surface area contributed by atoms with Crippen molar-refractivity contribution in [2.45, 2.75) is 49.7 Å². The van der Waals surface area contributed by atoms with Crippen molar-refractivity contribution in [1.29, 1.82) is 0 Å². The van der Waals surface area contributed by atoms with Crippen LogP contribution in [0.4, 0.5) is 0 Å². The van der Waals surface area contributed by atoms with Crippen LogP contribution in [0.15, 0.2) is 9.90 Å². The predicted octanol–water partition coefficient (Wildman–Crippen LogP) is 3.22. The summed E-state index contributed by atoms with van der Waals surface area (Å²) in [6.45, 7) is 0.448. The maximum atomic E-state index is 5.55. The topological polar surface area (TPSA) is 77.8 Å². The van der Waals surface area contributed by atoms with Crippen LogP contribution in [-0.2, 0) is 12.3 Å². The molecule has 0 radical (unpaired) electrons. The molecule has 20 heavy (non-hydrogen) atoms. The third-order valence-electron chi connectivity index (χ3n) is 3.41. The van der Waals surface area contributed by atoms with Gasteiger partial charge in [0.15, 0.2) is 5.82 Å². The Kier molecular flexibility index (Phi) is 4.69. The number of hydrogen-bond acceptors (Lipinski definition) is 7. The van der Waals surface area contributed by atoms with Crippen LogP contribution in [0.25, 0.3) is 11.6 Å². The fourth-order valence-corrected chi connectivity index (χ4v) is 4.16. The third-order valence-corrected chi connectivity index (χ3v) is 5.65. The summed E-state index contributed by atoms with van der Waals surface area (Å²) in [6, 6.07) is 0. The lowest BCUT2D eigenvalue weighted by Gasteiger charge is -2.19. The Labute approximate surface area is 126 Å². The molecule has 2 aromatic heterocycles. The van der Waals surface area contributed by atoms with E-state index in [1.165, 1.54) is 43.4 Å². The van der Waals surface area contributed by atoms with Crippen molar-refractivity contribution in [2.75, 3.05) is 0 Å². The Balaban J connectivity index is 1.58. The fraction of sp³-hybridized carbons (Fsp3) is 0.615. The van der Waals surface area contributed by atoms with E-state index in [-0.39, 0.29) is 0 Å². The van der Waals surface area contributed by atoms with Gasteiger partial charge in [0, 0.05) is 17.2 Å². The van der Waals surface area contributed by atoms with Gasteiger partial charge in [-0.15, -0.1) is 11.3 Å². The number of thiazole rings is 1. The molecule has 0 amide bonds. The highest BCUT2D eigenvalue weighted by Crippen LogP contribution is 2.30. The molecule has 5 nitrogen and oxygen atoms in total. The van der Waals surface area contributed by atoms with Crippen LogP contribution in [0, 0.1) is 0 Å². The van der Waals surface area contributed by atoms with Gasteiger partial charge in [0.25, 0.3) is 5.89 Å². The molecule has 0 atom stereocenters. The van der Waals surface area contributed by atoms with E-state index in [2.05, 4.69) is 15.1 Å². The van der Waals surface area contributed by atoms with E-state index in [9.17, 15) is 0 Å². The van der Waals surface area contributed by atoms with Crippen LogP contribution >= 0.6 is 23.1 Å². The molecular weight excluding hydrogens is 292 g/mol. The van der Waals surface area contributed by atoms with Gasteiger partial charge in [-0.2, -0.15) is 16.7 Å². The molecule has 2 aromatic rings. The van der Waals surface area contributed by atoms with Crippen molar-refractivity contribution in [1.82, 2.24) is 15.1 Å². The standard InChI is InChI=1S/C13H18N4OS2/c14-6-12-15-10(7-20-12)13-16-11(17-18-13)8-19-9-4-2-1-3-5-9/h7,9H,1-6,8,14H2. The Morgan fingerprint density at radius 1 is 1.30 bits per heavy atom. The zero-order chi connectivity index (χ0) is 13.8. The SMILES string of the molecule is NCc1nc(-c2nc(CSC3CCCCC3)no2)cs1. The molecule has 108 valence electrons. The summed E-state index contributed by atoms with van der Waals surface area (Å²) in [5, 5.41) is 7.59. The van der Waals surface area contributed by atoms with Gasteiger partial charge < -0.3 is 10.3 Å². The number of thioether (sulfide) groups is 1. The molecule has 0 aromatic carbocycles. The first-order valence-electron chi connectivity index (χ1n) is 6.94. The fourth-order valence-electron chi connectivity index (χ4n) is 2.34. The van der Waals surface area contributed by atoms with Crippen LogP contribution in [-0.4, -0.2) is 20.4 Å². The summed E-state index contributed by atoms with van der Waals surface area (Å²) in [5.74, 6) is 2.08. The quantitative estimate of drug-likeness (QED) is 0.913. The van der Waals surface area contributed by atoms with Crippen LogP contribution in [0.3, 0.4) is 0 Å². The van der Waals surface area contributed by atoms with E-state index in [1.54, 1.807) is 0 Å². The van der Waals surface area contributed by atoms with E-state index in [4.69, 9.17) is 10.3 Å².